The summed E-state index contributed by atoms with van der Waals surface area (Å²) in [6, 6.07) is 3.39. The molecule has 1 N–H and O–H groups in total. The van der Waals surface area contributed by atoms with Gasteiger partial charge in [-0.1, -0.05) is 17.7 Å². The lowest BCUT2D eigenvalue weighted by Crippen LogP contribution is -2.26. The fraction of sp³-hybridized carbons (Fsp3) is 0.333. The third kappa shape index (κ3) is 2.06. The molecule has 2 unspecified atom stereocenters. The van der Waals surface area contributed by atoms with Crippen molar-refractivity contribution in [3.8, 4) is 0 Å². The Kier molecular flexibility index (Phi) is 3.26. The fourth-order valence-corrected chi connectivity index (χ4v) is 2.43. The summed E-state index contributed by atoms with van der Waals surface area (Å²) >= 11 is 5.68. The molecule has 1 aliphatic heterocycles. The molecule has 1 aromatic carbocycles. The van der Waals surface area contributed by atoms with Gasteiger partial charge in [-0.05, 0) is 17.7 Å². The summed E-state index contributed by atoms with van der Waals surface area (Å²) in [4.78, 5) is 24.1. The van der Waals surface area contributed by atoms with Crippen LogP contribution in [0.15, 0.2) is 18.2 Å². The van der Waals surface area contributed by atoms with Gasteiger partial charge in [0.05, 0.1) is 17.0 Å². The van der Waals surface area contributed by atoms with E-state index in [1.165, 1.54) is 30.1 Å². The first-order chi connectivity index (χ1) is 8.41. The van der Waals surface area contributed by atoms with Gasteiger partial charge in [-0.2, -0.15) is 0 Å². The number of benzene rings is 1. The van der Waals surface area contributed by atoms with Gasteiger partial charge in [-0.3, -0.25) is 9.59 Å². The van der Waals surface area contributed by atoms with Crippen LogP contribution >= 0.6 is 11.6 Å². The van der Waals surface area contributed by atoms with E-state index in [1.54, 1.807) is 0 Å². The number of nitrogens with zero attached hydrogens (tertiary/aromatic N) is 1. The Morgan fingerprint density at radius 2 is 2.22 bits per heavy atom. The molecule has 1 saturated heterocycles. The molecular weight excluding hydrogens is 261 g/mol. The van der Waals surface area contributed by atoms with Gasteiger partial charge in [0.15, 0.2) is 0 Å². The van der Waals surface area contributed by atoms with E-state index in [2.05, 4.69) is 0 Å². The molecule has 1 amide bonds. The summed E-state index contributed by atoms with van der Waals surface area (Å²) in [5.41, 5.74) is 0.530. The lowest BCUT2D eigenvalue weighted by Gasteiger charge is -2.23. The first-order valence-corrected chi connectivity index (χ1v) is 5.73. The number of aliphatic carboxylic acids is 1. The molecule has 1 heterocycles. The highest BCUT2D eigenvalue weighted by Crippen LogP contribution is 2.38. The lowest BCUT2D eigenvalue weighted by atomic mass is 9.94. The van der Waals surface area contributed by atoms with Crippen molar-refractivity contribution < 1.29 is 19.1 Å². The molecule has 6 heteroatoms. The van der Waals surface area contributed by atoms with E-state index in [-0.39, 0.29) is 17.4 Å². The van der Waals surface area contributed by atoms with E-state index in [4.69, 9.17) is 16.7 Å². The van der Waals surface area contributed by atoms with Crippen LogP contribution in [0.25, 0.3) is 0 Å². The predicted molar refractivity (Wildman–Crippen MR) is 62.7 cm³/mol. The second-order valence-electron chi connectivity index (χ2n) is 4.27. The molecule has 2 atom stereocenters. The van der Waals surface area contributed by atoms with Crippen molar-refractivity contribution in [3.05, 3.63) is 34.6 Å². The number of carboxylic acids is 1. The van der Waals surface area contributed by atoms with E-state index in [0.29, 0.717) is 5.56 Å². The van der Waals surface area contributed by atoms with Crippen LogP contribution in [0.4, 0.5) is 4.39 Å². The van der Waals surface area contributed by atoms with Crippen LogP contribution in [0.2, 0.25) is 5.02 Å². The number of carbonyl (C=O) groups is 2. The molecule has 4 nitrogen and oxygen atoms in total. The molecule has 0 spiro atoms. The van der Waals surface area contributed by atoms with Crippen molar-refractivity contribution in [3.63, 3.8) is 0 Å². The molecule has 2 rings (SSSR count). The molecule has 0 radical (unpaired) electrons. The maximum absolute atomic E-state index is 13.1. The number of hydrogen-bond acceptors (Lipinski definition) is 2. The Hall–Kier alpha value is -1.62. The average molecular weight is 272 g/mol. The summed E-state index contributed by atoms with van der Waals surface area (Å²) in [5.74, 6) is -2.69. The minimum Gasteiger partial charge on any atom is -0.481 e. The molecule has 0 saturated carbocycles. The van der Waals surface area contributed by atoms with Gasteiger partial charge in [-0.15, -0.1) is 0 Å². The first-order valence-electron chi connectivity index (χ1n) is 5.35. The summed E-state index contributed by atoms with van der Waals surface area (Å²) in [6.45, 7) is 0. The van der Waals surface area contributed by atoms with Crippen LogP contribution in [0.3, 0.4) is 0 Å². The first kappa shape index (κ1) is 12.8. The number of carbonyl (C=O) groups excluding carboxylic acids is 1. The highest BCUT2D eigenvalue weighted by Gasteiger charge is 2.42. The van der Waals surface area contributed by atoms with E-state index in [1.807, 2.05) is 0 Å². The van der Waals surface area contributed by atoms with Crippen molar-refractivity contribution in [2.45, 2.75) is 12.5 Å². The van der Waals surface area contributed by atoms with Crippen LogP contribution < -0.4 is 0 Å². The van der Waals surface area contributed by atoms with Crippen molar-refractivity contribution in [1.82, 2.24) is 4.90 Å². The maximum atomic E-state index is 13.1. The number of amides is 1. The molecule has 1 aliphatic rings. The summed E-state index contributed by atoms with van der Waals surface area (Å²) in [5, 5.41) is 9.04. The number of rotatable bonds is 2. The van der Waals surface area contributed by atoms with Crippen LogP contribution in [0.1, 0.15) is 18.0 Å². The zero-order chi connectivity index (χ0) is 13.4. The second kappa shape index (κ2) is 4.57. The third-order valence-corrected chi connectivity index (χ3v) is 3.48. The SMILES string of the molecule is CN1C(=O)CC(C(=O)O)C1c1ccc(F)c(Cl)c1. The lowest BCUT2D eigenvalue weighted by molar-refractivity contribution is -0.142. The van der Waals surface area contributed by atoms with Gasteiger partial charge >= 0.3 is 5.97 Å². The molecule has 0 bridgehead atoms. The molecule has 18 heavy (non-hydrogen) atoms. The third-order valence-electron chi connectivity index (χ3n) is 3.19. The van der Waals surface area contributed by atoms with E-state index >= 15 is 0 Å². The normalized spacial score (nSPS) is 23.5. The quantitative estimate of drug-likeness (QED) is 0.896. The largest absolute Gasteiger partial charge is 0.481 e. The Morgan fingerprint density at radius 1 is 1.56 bits per heavy atom. The Labute approximate surface area is 108 Å². The topological polar surface area (TPSA) is 57.6 Å². The minimum atomic E-state index is -1.04. The van der Waals surface area contributed by atoms with Gasteiger partial charge in [0.2, 0.25) is 5.91 Å². The van der Waals surface area contributed by atoms with Crippen LogP contribution in [0.5, 0.6) is 0 Å². The van der Waals surface area contributed by atoms with Gasteiger partial charge in [0.1, 0.15) is 5.82 Å². The standard InChI is InChI=1S/C12H11ClFNO3/c1-15-10(16)5-7(12(17)18)11(15)6-2-3-9(14)8(13)4-6/h2-4,7,11H,5H2,1H3,(H,17,18). The molecule has 1 fully saturated rings. The van der Waals surface area contributed by atoms with E-state index in [9.17, 15) is 14.0 Å². The summed E-state index contributed by atoms with van der Waals surface area (Å²) < 4.78 is 13.1. The van der Waals surface area contributed by atoms with Crippen molar-refractivity contribution >= 4 is 23.5 Å². The van der Waals surface area contributed by atoms with Crippen LogP contribution in [-0.4, -0.2) is 28.9 Å². The monoisotopic (exact) mass is 271 g/mol. The number of halogens is 2. The highest BCUT2D eigenvalue weighted by atomic mass is 35.5. The van der Waals surface area contributed by atoms with Crippen molar-refractivity contribution in [2.75, 3.05) is 7.05 Å². The number of carboxylic acid groups (broad SMARTS) is 1. The molecule has 96 valence electrons. The second-order valence-corrected chi connectivity index (χ2v) is 4.68. The minimum absolute atomic E-state index is 0.0501. The molecular formula is C12H11ClFNO3. The summed E-state index contributed by atoms with van der Waals surface area (Å²) in [6.07, 6.45) is -0.0501. The number of likely N-dealkylation sites (tertiary alicyclic amines) is 1. The summed E-state index contributed by atoms with van der Waals surface area (Å²) in [7, 11) is 1.53. The van der Waals surface area contributed by atoms with E-state index < -0.39 is 23.7 Å². The molecule has 0 aliphatic carbocycles. The number of hydrogen-bond donors (Lipinski definition) is 1. The fourth-order valence-electron chi connectivity index (χ4n) is 2.24. The zero-order valence-corrected chi connectivity index (χ0v) is 10.3. The van der Waals surface area contributed by atoms with E-state index in [0.717, 1.165) is 0 Å². The molecule has 1 aromatic rings. The van der Waals surface area contributed by atoms with Gasteiger partial charge in [0.25, 0.3) is 0 Å². The van der Waals surface area contributed by atoms with Gasteiger partial charge in [0, 0.05) is 13.5 Å². The predicted octanol–water partition coefficient (Wildman–Crippen LogP) is 2.08. The molecule has 0 aromatic heterocycles. The average Bonchev–Trinajstić information content (AvgIpc) is 2.60. The maximum Gasteiger partial charge on any atom is 0.309 e. The zero-order valence-electron chi connectivity index (χ0n) is 9.56. The van der Waals surface area contributed by atoms with Crippen molar-refractivity contribution in [2.24, 2.45) is 5.92 Å². The smallest absolute Gasteiger partial charge is 0.309 e. The highest BCUT2D eigenvalue weighted by molar-refractivity contribution is 6.30. The Morgan fingerprint density at radius 3 is 2.78 bits per heavy atom. The van der Waals surface area contributed by atoms with Crippen LogP contribution in [-0.2, 0) is 9.59 Å². The van der Waals surface area contributed by atoms with Crippen LogP contribution in [0, 0.1) is 11.7 Å². The Bertz CT molecular complexity index is 520. The Balaban J connectivity index is 2.42. The van der Waals surface area contributed by atoms with Gasteiger partial charge < -0.3 is 10.0 Å². The van der Waals surface area contributed by atoms with Crippen molar-refractivity contribution in [1.29, 1.82) is 0 Å². The van der Waals surface area contributed by atoms with Gasteiger partial charge in [-0.25, -0.2) is 4.39 Å².